The maximum absolute atomic E-state index is 13.5. The van der Waals surface area contributed by atoms with Gasteiger partial charge in [-0.1, -0.05) is 29.8 Å². The van der Waals surface area contributed by atoms with Gasteiger partial charge in [0.25, 0.3) is 0 Å². The molecule has 2 aromatic rings. The lowest BCUT2D eigenvalue weighted by Gasteiger charge is -2.28. The van der Waals surface area contributed by atoms with Crippen LogP contribution >= 0.6 is 7.60 Å². The maximum Gasteiger partial charge on any atom is 0.357 e. The number of benzene rings is 2. The van der Waals surface area contributed by atoms with Crippen LogP contribution in [0.25, 0.3) is 0 Å². The Morgan fingerprint density at radius 2 is 1.50 bits per heavy atom. The summed E-state index contributed by atoms with van der Waals surface area (Å²) in [6, 6.07) is 15.9. The van der Waals surface area contributed by atoms with Gasteiger partial charge >= 0.3 is 7.60 Å². The Morgan fingerprint density at radius 1 is 0.962 bits per heavy atom. The lowest BCUT2D eigenvalue weighted by atomic mass is 10.2. The van der Waals surface area contributed by atoms with Crippen LogP contribution < -0.4 is 10.2 Å². The van der Waals surface area contributed by atoms with E-state index in [-0.39, 0.29) is 0 Å². The van der Waals surface area contributed by atoms with E-state index in [9.17, 15) is 4.57 Å². The first-order valence-corrected chi connectivity index (χ1v) is 10.5. The predicted octanol–water partition coefficient (Wildman–Crippen LogP) is 5.44. The van der Waals surface area contributed by atoms with E-state index >= 15 is 0 Å². The first-order chi connectivity index (χ1) is 12.4. The van der Waals surface area contributed by atoms with Crippen LogP contribution in [-0.2, 0) is 13.6 Å². The summed E-state index contributed by atoms with van der Waals surface area (Å²) in [5.74, 6) is -0.582. The predicted molar refractivity (Wildman–Crippen MR) is 109 cm³/mol. The monoisotopic (exact) mass is 376 g/mol. The number of hydrogen-bond donors (Lipinski definition) is 1. The van der Waals surface area contributed by atoms with Crippen molar-refractivity contribution in [1.82, 2.24) is 0 Å². The number of nitrogens with zero attached hydrogens (tertiary/aromatic N) is 1. The van der Waals surface area contributed by atoms with Crippen LogP contribution in [0.4, 0.5) is 11.4 Å². The number of rotatable bonds is 9. The molecule has 1 atom stereocenters. The normalized spacial score (nSPS) is 12.7. The van der Waals surface area contributed by atoms with E-state index in [1.807, 2.05) is 88.3 Å². The topological polar surface area (TPSA) is 50.8 Å². The summed E-state index contributed by atoms with van der Waals surface area (Å²) in [7, 11) is 0.585. The van der Waals surface area contributed by atoms with Gasteiger partial charge in [0.2, 0.25) is 0 Å². The average molecular weight is 376 g/mol. The highest BCUT2D eigenvalue weighted by molar-refractivity contribution is 7.54. The molecule has 142 valence electrons. The zero-order valence-corrected chi connectivity index (χ0v) is 17.1. The summed E-state index contributed by atoms with van der Waals surface area (Å²) in [5.41, 5.74) is 3.98. The standard InChI is InChI=1S/C20H29N2O3P/c1-6-24-26(23,25-7-2)20(21-18-12-8-16(3)9-13-18)17-10-14-19(15-11-17)22(4)5/h8-15,20-21H,6-7H2,1-5H3/t20-/m1/s1. The molecule has 2 rings (SSSR count). The van der Waals surface area contributed by atoms with E-state index in [0.717, 1.165) is 16.9 Å². The maximum atomic E-state index is 13.5. The minimum Gasteiger partial charge on any atom is -0.378 e. The van der Waals surface area contributed by atoms with Gasteiger partial charge in [-0.2, -0.15) is 0 Å². The molecule has 0 aliphatic heterocycles. The minimum absolute atomic E-state index is 0.319. The number of nitrogens with one attached hydrogen (secondary N) is 1. The Bertz CT molecular complexity index is 720. The fourth-order valence-electron chi connectivity index (χ4n) is 2.65. The van der Waals surface area contributed by atoms with Gasteiger partial charge in [0, 0.05) is 25.5 Å². The van der Waals surface area contributed by atoms with E-state index in [4.69, 9.17) is 9.05 Å². The van der Waals surface area contributed by atoms with Gasteiger partial charge in [-0.15, -0.1) is 0 Å². The summed E-state index contributed by atoms with van der Waals surface area (Å²) < 4.78 is 24.7. The van der Waals surface area contributed by atoms with Crippen molar-refractivity contribution >= 4 is 19.0 Å². The molecular weight excluding hydrogens is 347 g/mol. The largest absolute Gasteiger partial charge is 0.378 e. The van der Waals surface area contributed by atoms with Gasteiger partial charge in [-0.3, -0.25) is 4.57 Å². The molecule has 0 spiro atoms. The van der Waals surface area contributed by atoms with Gasteiger partial charge < -0.3 is 19.3 Å². The molecule has 6 heteroatoms. The summed E-state index contributed by atoms with van der Waals surface area (Å²) in [4.78, 5) is 2.02. The smallest absolute Gasteiger partial charge is 0.357 e. The SMILES string of the molecule is CCOP(=O)(OCC)[C@@H](Nc1ccc(C)cc1)c1ccc(N(C)C)cc1. The van der Waals surface area contributed by atoms with Crippen molar-refractivity contribution in [2.24, 2.45) is 0 Å². The zero-order chi connectivity index (χ0) is 19.2. The van der Waals surface area contributed by atoms with Gasteiger partial charge in [-0.25, -0.2) is 0 Å². The van der Waals surface area contributed by atoms with Crippen LogP contribution in [0.3, 0.4) is 0 Å². The minimum atomic E-state index is -3.39. The quantitative estimate of drug-likeness (QED) is 0.591. The molecule has 0 fully saturated rings. The molecule has 0 unspecified atom stereocenters. The van der Waals surface area contributed by atoms with Gasteiger partial charge in [0.15, 0.2) is 5.78 Å². The van der Waals surface area contributed by atoms with Gasteiger partial charge in [-0.05, 0) is 50.6 Å². The Labute approximate surface area is 156 Å². The number of aryl methyl sites for hydroxylation is 1. The van der Waals surface area contributed by atoms with Crippen molar-refractivity contribution in [2.45, 2.75) is 26.6 Å². The van der Waals surface area contributed by atoms with E-state index < -0.39 is 13.4 Å². The van der Waals surface area contributed by atoms with Gasteiger partial charge in [0.05, 0.1) is 13.2 Å². The summed E-state index contributed by atoms with van der Waals surface area (Å²) in [6.45, 7) is 6.32. The molecule has 0 bridgehead atoms. The molecule has 5 nitrogen and oxygen atoms in total. The van der Waals surface area contributed by atoms with Crippen LogP contribution in [0.1, 0.15) is 30.8 Å². The summed E-state index contributed by atoms with van der Waals surface area (Å²) in [5, 5.41) is 3.35. The van der Waals surface area contributed by atoms with Crippen molar-refractivity contribution < 1.29 is 13.6 Å². The van der Waals surface area contributed by atoms with Crippen LogP contribution in [0.15, 0.2) is 48.5 Å². The molecule has 2 aromatic carbocycles. The highest BCUT2D eigenvalue weighted by atomic mass is 31.2. The lowest BCUT2D eigenvalue weighted by molar-refractivity contribution is 0.214. The molecule has 0 amide bonds. The highest BCUT2D eigenvalue weighted by Gasteiger charge is 2.37. The molecule has 0 aliphatic carbocycles. The van der Waals surface area contributed by atoms with E-state index in [0.29, 0.717) is 13.2 Å². The summed E-state index contributed by atoms with van der Waals surface area (Å²) >= 11 is 0. The molecule has 1 N–H and O–H groups in total. The molecule has 26 heavy (non-hydrogen) atoms. The first kappa shape index (κ1) is 20.5. The Balaban J connectivity index is 2.42. The lowest BCUT2D eigenvalue weighted by Crippen LogP contribution is -2.16. The second-order valence-corrected chi connectivity index (χ2v) is 8.39. The zero-order valence-electron chi connectivity index (χ0n) is 16.2. The van der Waals surface area contributed by atoms with Crippen LogP contribution in [0.5, 0.6) is 0 Å². The molecular formula is C20H29N2O3P. The molecule has 0 radical (unpaired) electrons. The Kier molecular flexibility index (Phi) is 7.27. The van der Waals surface area contributed by atoms with Crippen LogP contribution in [0, 0.1) is 6.92 Å². The fourth-order valence-corrected chi connectivity index (χ4v) is 4.59. The van der Waals surface area contributed by atoms with Gasteiger partial charge in [0.1, 0.15) is 0 Å². The van der Waals surface area contributed by atoms with Crippen molar-refractivity contribution in [3.05, 3.63) is 59.7 Å². The Hall–Kier alpha value is -1.81. The summed E-state index contributed by atoms with van der Waals surface area (Å²) in [6.07, 6.45) is 0. The van der Waals surface area contributed by atoms with Crippen LogP contribution in [0.2, 0.25) is 0 Å². The van der Waals surface area contributed by atoms with E-state index in [1.54, 1.807) is 0 Å². The number of anilines is 2. The van der Waals surface area contributed by atoms with Crippen molar-refractivity contribution in [3.8, 4) is 0 Å². The second kappa shape index (κ2) is 9.22. The highest BCUT2D eigenvalue weighted by Crippen LogP contribution is 2.60. The first-order valence-electron chi connectivity index (χ1n) is 8.89. The molecule has 0 saturated carbocycles. The molecule has 0 aromatic heterocycles. The second-order valence-electron chi connectivity index (χ2n) is 6.27. The molecule has 0 aliphatic rings. The van der Waals surface area contributed by atoms with E-state index in [1.165, 1.54) is 5.56 Å². The Morgan fingerprint density at radius 3 is 1.96 bits per heavy atom. The molecule has 0 heterocycles. The van der Waals surface area contributed by atoms with Crippen molar-refractivity contribution in [2.75, 3.05) is 37.5 Å². The van der Waals surface area contributed by atoms with E-state index in [2.05, 4.69) is 5.32 Å². The number of hydrogen-bond acceptors (Lipinski definition) is 5. The van der Waals surface area contributed by atoms with Crippen molar-refractivity contribution in [3.63, 3.8) is 0 Å². The van der Waals surface area contributed by atoms with Crippen molar-refractivity contribution in [1.29, 1.82) is 0 Å². The fraction of sp³-hybridized carbons (Fsp3) is 0.400. The third-order valence-electron chi connectivity index (χ3n) is 4.01. The molecule has 0 saturated heterocycles. The third kappa shape index (κ3) is 5.10. The third-order valence-corrected chi connectivity index (χ3v) is 6.31. The van der Waals surface area contributed by atoms with Crippen LogP contribution in [-0.4, -0.2) is 27.3 Å². The average Bonchev–Trinajstić information content (AvgIpc) is 2.61.